The summed E-state index contributed by atoms with van der Waals surface area (Å²) in [6, 6.07) is 2.33. The summed E-state index contributed by atoms with van der Waals surface area (Å²) in [6.07, 6.45) is 13.9. The van der Waals surface area contributed by atoms with Crippen molar-refractivity contribution in [1.29, 1.82) is 0 Å². The standard InChI is InChI=1S/C21H25N7O/c1-3-16-11-24-20-23-10-14(13-27(16)20)17-6-9-28-18(17)12-22-19(26-28)25-15-4-7-21(2,29)8-5-15/h6,9-13,15,29H,3-5,7-8H2,1-2H3,(H,25,26). The number of hydrogen-bond donors (Lipinski definition) is 2. The zero-order chi connectivity index (χ0) is 20.0. The number of aliphatic hydroxyl groups is 1. The Labute approximate surface area is 168 Å². The van der Waals surface area contributed by atoms with Gasteiger partial charge in [-0.3, -0.25) is 4.40 Å². The number of nitrogens with one attached hydrogen (secondary N) is 1. The van der Waals surface area contributed by atoms with Crippen LogP contribution in [-0.4, -0.2) is 45.7 Å². The number of anilines is 1. The molecule has 29 heavy (non-hydrogen) atoms. The van der Waals surface area contributed by atoms with Crippen LogP contribution in [0.15, 0.2) is 37.1 Å². The van der Waals surface area contributed by atoms with Crippen molar-refractivity contribution in [3.63, 3.8) is 0 Å². The Hall–Kier alpha value is -3.00. The Kier molecular flexibility index (Phi) is 4.24. The van der Waals surface area contributed by atoms with Gasteiger partial charge in [0, 0.05) is 41.5 Å². The van der Waals surface area contributed by atoms with E-state index in [1.165, 1.54) is 0 Å². The van der Waals surface area contributed by atoms with E-state index in [-0.39, 0.29) is 0 Å². The van der Waals surface area contributed by atoms with Gasteiger partial charge in [-0.25, -0.2) is 19.5 Å². The number of imidazole rings is 1. The number of hydrogen-bond acceptors (Lipinski definition) is 6. The summed E-state index contributed by atoms with van der Waals surface area (Å²) in [7, 11) is 0. The second-order valence-electron chi connectivity index (χ2n) is 8.17. The average molecular weight is 391 g/mol. The zero-order valence-corrected chi connectivity index (χ0v) is 16.7. The summed E-state index contributed by atoms with van der Waals surface area (Å²) in [6.45, 7) is 4.02. The lowest BCUT2D eigenvalue weighted by atomic mass is 9.84. The first-order valence-corrected chi connectivity index (χ1v) is 10.2. The van der Waals surface area contributed by atoms with Crippen LogP contribution < -0.4 is 5.32 Å². The van der Waals surface area contributed by atoms with Gasteiger partial charge in [-0.2, -0.15) is 0 Å². The molecule has 8 heteroatoms. The van der Waals surface area contributed by atoms with Crippen LogP contribution in [0.4, 0.5) is 5.95 Å². The summed E-state index contributed by atoms with van der Waals surface area (Å²) < 4.78 is 3.89. The second kappa shape index (κ2) is 6.81. The molecule has 4 aromatic heterocycles. The van der Waals surface area contributed by atoms with Gasteiger partial charge in [0.15, 0.2) is 0 Å². The molecule has 4 heterocycles. The van der Waals surface area contributed by atoms with Gasteiger partial charge >= 0.3 is 0 Å². The molecule has 1 aliphatic carbocycles. The van der Waals surface area contributed by atoms with Crippen LogP contribution in [0.2, 0.25) is 0 Å². The molecule has 1 aliphatic rings. The molecule has 0 atom stereocenters. The topological polar surface area (TPSA) is 92.6 Å². The first-order chi connectivity index (χ1) is 14.0. The van der Waals surface area contributed by atoms with E-state index in [9.17, 15) is 5.11 Å². The van der Waals surface area contributed by atoms with Crippen molar-refractivity contribution in [3.05, 3.63) is 42.7 Å². The molecule has 0 aliphatic heterocycles. The van der Waals surface area contributed by atoms with Gasteiger partial charge in [-0.1, -0.05) is 6.92 Å². The summed E-state index contributed by atoms with van der Waals surface area (Å²) in [4.78, 5) is 13.4. The molecule has 150 valence electrons. The lowest BCUT2D eigenvalue weighted by Gasteiger charge is -2.33. The van der Waals surface area contributed by atoms with Gasteiger partial charge in [0.05, 0.1) is 23.5 Å². The highest BCUT2D eigenvalue weighted by Gasteiger charge is 2.28. The Morgan fingerprint density at radius 1 is 1.17 bits per heavy atom. The smallest absolute Gasteiger partial charge is 0.241 e. The van der Waals surface area contributed by atoms with Crippen molar-refractivity contribution in [2.24, 2.45) is 0 Å². The van der Waals surface area contributed by atoms with E-state index in [1.807, 2.05) is 46.7 Å². The maximum Gasteiger partial charge on any atom is 0.241 e. The minimum absolute atomic E-state index is 0.294. The maximum absolute atomic E-state index is 10.1. The molecular formula is C21H25N7O. The van der Waals surface area contributed by atoms with Gasteiger partial charge in [0.1, 0.15) is 0 Å². The molecule has 2 N–H and O–H groups in total. The van der Waals surface area contributed by atoms with Crippen LogP contribution in [0.25, 0.3) is 22.4 Å². The van der Waals surface area contributed by atoms with Crippen molar-refractivity contribution < 1.29 is 5.11 Å². The van der Waals surface area contributed by atoms with E-state index in [0.29, 0.717) is 17.8 Å². The van der Waals surface area contributed by atoms with Crippen LogP contribution in [-0.2, 0) is 6.42 Å². The fraction of sp³-hybridized carbons (Fsp3) is 0.429. The highest BCUT2D eigenvalue weighted by molar-refractivity contribution is 5.79. The quantitative estimate of drug-likeness (QED) is 0.555. The molecule has 8 nitrogen and oxygen atoms in total. The van der Waals surface area contributed by atoms with Gasteiger partial charge in [-0.15, -0.1) is 5.10 Å². The molecule has 0 bridgehead atoms. The maximum atomic E-state index is 10.1. The van der Waals surface area contributed by atoms with E-state index < -0.39 is 5.60 Å². The molecule has 0 unspecified atom stereocenters. The Balaban J connectivity index is 1.42. The molecular weight excluding hydrogens is 366 g/mol. The third-order valence-electron chi connectivity index (χ3n) is 5.93. The monoisotopic (exact) mass is 391 g/mol. The molecule has 1 saturated carbocycles. The van der Waals surface area contributed by atoms with Crippen LogP contribution in [0, 0.1) is 0 Å². The number of rotatable bonds is 4. The molecule has 0 amide bonds. The van der Waals surface area contributed by atoms with Gasteiger partial charge < -0.3 is 10.4 Å². The van der Waals surface area contributed by atoms with Gasteiger partial charge in [0.2, 0.25) is 11.7 Å². The SMILES string of the molecule is CCc1cnc2ncc(-c3ccn4nc(NC5CCC(C)(O)CC5)ncc34)cn12. The minimum atomic E-state index is -0.541. The lowest BCUT2D eigenvalue weighted by molar-refractivity contribution is 0.0195. The average Bonchev–Trinajstić information content (AvgIpc) is 3.32. The Bertz CT molecular complexity index is 1170. The summed E-state index contributed by atoms with van der Waals surface area (Å²) >= 11 is 0. The molecule has 0 aromatic carbocycles. The number of aromatic nitrogens is 6. The highest BCUT2D eigenvalue weighted by Crippen LogP contribution is 2.29. The Morgan fingerprint density at radius 2 is 1.97 bits per heavy atom. The predicted octanol–water partition coefficient (Wildman–Crippen LogP) is 3.11. The summed E-state index contributed by atoms with van der Waals surface area (Å²) in [5, 5.41) is 18.2. The van der Waals surface area contributed by atoms with E-state index in [2.05, 4.69) is 38.5 Å². The number of aryl methyl sites for hydroxylation is 1. The summed E-state index contributed by atoms with van der Waals surface area (Å²) in [5.41, 5.74) is 3.57. The molecule has 5 rings (SSSR count). The predicted molar refractivity (Wildman–Crippen MR) is 111 cm³/mol. The molecule has 0 saturated heterocycles. The van der Waals surface area contributed by atoms with Crippen molar-refractivity contribution in [1.82, 2.24) is 29.0 Å². The van der Waals surface area contributed by atoms with Crippen molar-refractivity contribution in [2.45, 2.75) is 57.6 Å². The summed E-state index contributed by atoms with van der Waals surface area (Å²) in [5.74, 6) is 1.32. The van der Waals surface area contributed by atoms with Gasteiger partial charge in [-0.05, 0) is 45.1 Å². The number of nitrogens with zero attached hydrogens (tertiary/aromatic N) is 6. The van der Waals surface area contributed by atoms with Crippen LogP contribution >= 0.6 is 0 Å². The fourth-order valence-electron chi connectivity index (χ4n) is 4.10. The second-order valence-corrected chi connectivity index (χ2v) is 8.17. The van der Waals surface area contributed by atoms with E-state index in [1.54, 1.807) is 0 Å². The first-order valence-electron chi connectivity index (χ1n) is 10.2. The van der Waals surface area contributed by atoms with Crippen molar-refractivity contribution in [2.75, 3.05) is 5.32 Å². The normalized spacial score (nSPS) is 22.4. The van der Waals surface area contributed by atoms with Crippen LogP contribution in [0.3, 0.4) is 0 Å². The minimum Gasteiger partial charge on any atom is -0.390 e. The zero-order valence-electron chi connectivity index (χ0n) is 16.7. The van der Waals surface area contributed by atoms with E-state index in [0.717, 1.165) is 54.4 Å². The van der Waals surface area contributed by atoms with Crippen LogP contribution in [0.5, 0.6) is 0 Å². The fourth-order valence-corrected chi connectivity index (χ4v) is 4.10. The third-order valence-corrected chi connectivity index (χ3v) is 5.93. The Morgan fingerprint density at radius 3 is 2.76 bits per heavy atom. The van der Waals surface area contributed by atoms with Crippen LogP contribution in [0.1, 0.15) is 45.2 Å². The number of fused-ring (bicyclic) bond motifs is 2. The largest absolute Gasteiger partial charge is 0.390 e. The molecule has 0 radical (unpaired) electrons. The van der Waals surface area contributed by atoms with E-state index in [4.69, 9.17) is 0 Å². The van der Waals surface area contributed by atoms with Crippen molar-refractivity contribution >= 4 is 17.2 Å². The first kappa shape index (κ1) is 18.1. The van der Waals surface area contributed by atoms with Gasteiger partial charge in [0.25, 0.3) is 0 Å². The molecule has 1 fully saturated rings. The molecule has 4 aromatic rings. The van der Waals surface area contributed by atoms with E-state index >= 15 is 0 Å². The highest BCUT2D eigenvalue weighted by atomic mass is 16.3. The van der Waals surface area contributed by atoms with Crippen molar-refractivity contribution in [3.8, 4) is 11.1 Å². The lowest BCUT2D eigenvalue weighted by Crippen LogP contribution is -2.36. The third kappa shape index (κ3) is 3.33. The molecule has 0 spiro atoms.